The number of nitrogens with zero attached hydrogens (tertiary/aromatic N) is 1. The first kappa shape index (κ1) is 8.70. The van der Waals surface area contributed by atoms with Crippen molar-refractivity contribution in [2.45, 2.75) is 25.7 Å². The summed E-state index contributed by atoms with van der Waals surface area (Å²) in [5.74, 6) is 1.31. The Balaban J connectivity index is 2.29. The second-order valence-corrected chi connectivity index (χ2v) is 3.91. The van der Waals surface area contributed by atoms with Crippen molar-refractivity contribution in [3.8, 4) is 0 Å². The molecule has 70 valence electrons. The first-order valence-electron chi connectivity index (χ1n) is 4.96. The Morgan fingerprint density at radius 2 is 2.46 bits per heavy atom. The topological polar surface area (TPSA) is 38.9 Å². The van der Waals surface area contributed by atoms with Crippen LogP contribution in [0.5, 0.6) is 0 Å². The molecule has 1 aliphatic carbocycles. The van der Waals surface area contributed by atoms with Crippen LogP contribution in [0.25, 0.3) is 0 Å². The molecule has 0 saturated heterocycles. The predicted octanol–water partition coefficient (Wildman–Crippen LogP) is 1.71. The number of rotatable bonds is 2. The van der Waals surface area contributed by atoms with Crippen LogP contribution in [-0.2, 0) is 6.42 Å². The smallest absolute Gasteiger partial charge is 0.0469 e. The highest BCUT2D eigenvalue weighted by Crippen LogP contribution is 2.37. The third kappa shape index (κ3) is 1.46. The average molecular weight is 176 g/mol. The maximum Gasteiger partial charge on any atom is 0.0469 e. The lowest BCUT2D eigenvalue weighted by atomic mass is 9.93. The molecule has 0 bridgehead atoms. The average Bonchev–Trinajstić information content (AvgIpc) is 2.44. The van der Waals surface area contributed by atoms with E-state index in [1.807, 2.05) is 12.3 Å². The van der Waals surface area contributed by atoms with Crippen molar-refractivity contribution >= 4 is 0 Å². The summed E-state index contributed by atoms with van der Waals surface area (Å²) in [7, 11) is 0. The van der Waals surface area contributed by atoms with E-state index in [1.54, 1.807) is 0 Å². The monoisotopic (exact) mass is 176 g/mol. The second kappa shape index (κ2) is 3.46. The van der Waals surface area contributed by atoms with Crippen LogP contribution in [0.15, 0.2) is 18.3 Å². The molecule has 13 heavy (non-hydrogen) atoms. The molecule has 1 heterocycles. The third-order valence-electron chi connectivity index (χ3n) is 2.98. The highest BCUT2D eigenvalue weighted by molar-refractivity contribution is 5.29. The molecule has 0 saturated carbocycles. The van der Waals surface area contributed by atoms with E-state index < -0.39 is 0 Å². The number of hydrogen-bond donors (Lipinski definition) is 1. The standard InChI is InChI=1S/C11H16N2/c1-8-7-9-3-2-6-13-11(9)10(8)4-5-12/h2-3,6,8,10H,4-5,7,12H2,1H3. The molecule has 2 rings (SSSR count). The van der Waals surface area contributed by atoms with E-state index in [4.69, 9.17) is 5.73 Å². The minimum atomic E-state index is 0.598. The third-order valence-corrected chi connectivity index (χ3v) is 2.98. The van der Waals surface area contributed by atoms with Gasteiger partial charge in [-0.3, -0.25) is 4.98 Å². The number of pyridine rings is 1. The van der Waals surface area contributed by atoms with E-state index in [-0.39, 0.29) is 0 Å². The van der Waals surface area contributed by atoms with Crippen LogP contribution in [0, 0.1) is 5.92 Å². The Kier molecular flexibility index (Phi) is 2.32. The summed E-state index contributed by atoms with van der Waals surface area (Å²) >= 11 is 0. The fraction of sp³-hybridized carbons (Fsp3) is 0.545. The molecule has 2 heteroatoms. The van der Waals surface area contributed by atoms with Gasteiger partial charge in [-0.25, -0.2) is 0 Å². The molecular formula is C11H16N2. The van der Waals surface area contributed by atoms with E-state index in [0.29, 0.717) is 11.8 Å². The Morgan fingerprint density at radius 1 is 1.62 bits per heavy atom. The Hall–Kier alpha value is -0.890. The zero-order valence-electron chi connectivity index (χ0n) is 8.03. The summed E-state index contributed by atoms with van der Waals surface area (Å²) in [5, 5.41) is 0. The normalized spacial score (nSPS) is 26.0. The van der Waals surface area contributed by atoms with Crippen molar-refractivity contribution in [1.82, 2.24) is 4.98 Å². The highest BCUT2D eigenvalue weighted by Gasteiger charge is 2.29. The van der Waals surface area contributed by atoms with Gasteiger partial charge in [-0.15, -0.1) is 0 Å². The zero-order valence-corrected chi connectivity index (χ0v) is 8.03. The minimum Gasteiger partial charge on any atom is -0.330 e. The van der Waals surface area contributed by atoms with E-state index in [0.717, 1.165) is 13.0 Å². The van der Waals surface area contributed by atoms with Crippen LogP contribution in [0.2, 0.25) is 0 Å². The SMILES string of the molecule is CC1Cc2cccnc2C1CCN. The van der Waals surface area contributed by atoms with Crippen LogP contribution < -0.4 is 5.73 Å². The molecule has 0 amide bonds. The summed E-state index contributed by atoms with van der Waals surface area (Å²) in [6, 6.07) is 4.21. The first-order chi connectivity index (χ1) is 6.33. The maximum absolute atomic E-state index is 5.60. The van der Waals surface area contributed by atoms with Crippen molar-refractivity contribution in [3.05, 3.63) is 29.6 Å². The summed E-state index contributed by atoms with van der Waals surface area (Å²) in [6.45, 7) is 3.06. The van der Waals surface area contributed by atoms with Crippen molar-refractivity contribution in [2.75, 3.05) is 6.54 Å². The summed E-state index contributed by atoms with van der Waals surface area (Å²) < 4.78 is 0. The Labute approximate surface area is 79.2 Å². The Morgan fingerprint density at radius 3 is 3.23 bits per heavy atom. The fourth-order valence-electron chi connectivity index (χ4n) is 2.32. The van der Waals surface area contributed by atoms with Gasteiger partial charge in [-0.2, -0.15) is 0 Å². The molecule has 1 aromatic heterocycles. The van der Waals surface area contributed by atoms with Gasteiger partial charge in [0, 0.05) is 17.8 Å². The van der Waals surface area contributed by atoms with E-state index >= 15 is 0 Å². The molecule has 1 aliphatic rings. The van der Waals surface area contributed by atoms with Crippen LogP contribution in [0.4, 0.5) is 0 Å². The molecule has 2 atom stereocenters. The Bertz CT molecular complexity index is 296. The molecule has 2 unspecified atom stereocenters. The van der Waals surface area contributed by atoms with Gasteiger partial charge < -0.3 is 5.73 Å². The highest BCUT2D eigenvalue weighted by atomic mass is 14.7. The van der Waals surface area contributed by atoms with E-state index in [1.165, 1.54) is 17.7 Å². The molecular weight excluding hydrogens is 160 g/mol. The molecule has 0 aromatic carbocycles. The molecule has 0 radical (unpaired) electrons. The van der Waals surface area contributed by atoms with Gasteiger partial charge in [-0.05, 0) is 36.9 Å². The lowest BCUT2D eigenvalue weighted by Crippen LogP contribution is -2.11. The zero-order chi connectivity index (χ0) is 9.26. The van der Waals surface area contributed by atoms with Crippen LogP contribution in [0.1, 0.15) is 30.5 Å². The minimum absolute atomic E-state index is 0.598. The first-order valence-corrected chi connectivity index (χ1v) is 4.96. The second-order valence-electron chi connectivity index (χ2n) is 3.91. The summed E-state index contributed by atoms with van der Waals surface area (Å²) in [6.07, 6.45) is 4.14. The largest absolute Gasteiger partial charge is 0.330 e. The molecule has 2 nitrogen and oxygen atoms in total. The van der Waals surface area contributed by atoms with Crippen molar-refractivity contribution in [1.29, 1.82) is 0 Å². The van der Waals surface area contributed by atoms with Gasteiger partial charge >= 0.3 is 0 Å². The fourth-order valence-corrected chi connectivity index (χ4v) is 2.32. The quantitative estimate of drug-likeness (QED) is 0.745. The number of nitrogens with two attached hydrogens (primary N) is 1. The summed E-state index contributed by atoms with van der Waals surface area (Å²) in [4.78, 5) is 4.45. The van der Waals surface area contributed by atoms with Gasteiger partial charge in [0.25, 0.3) is 0 Å². The molecule has 0 spiro atoms. The van der Waals surface area contributed by atoms with Crippen molar-refractivity contribution in [3.63, 3.8) is 0 Å². The molecule has 1 aromatic rings. The lowest BCUT2D eigenvalue weighted by molar-refractivity contribution is 0.469. The predicted molar refractivity (Wildman–Crippen MR) is 53.5 cm³/mol. The summed E-state index contributed by atoms with van der Waals surface area (Å²) in [5.41, 5.74) is 8.32. The van der Waals surface area contributed by atoms with E-state index in [2.05, 4.69) is 18.0 Å². The van der Waals surface area contributed by atoms with Gasteiger partial charge in [0.15, 0.2) is 0 Å². The van der Waals surface area contributed by atoms with Crippen LogP contribution in [-0.4, -0.2) is 11.5 Å². The van der Waals surface area contributed by atoms with Crippen LogP contribution in [0.3, 0.4) is 0 Å². The van der Waals surface area contributed by atoms with E-state index in [9.17, 15) is 0 Å². The molecule has 0 aliphatic heterocycles. The van der Waals surface area contributed by atoms with Gasteiger partial charge in [-0.1, -0.05) is 13.0 Å². The number of aromatic nitrogens is 1. The van der Waals surface area contributed by atoms with Crippen molar-refractivity contribution in [2.24, 2.45) is 11.7 Å². The number of fused-ring (bicyclic) bond motifs is 1. The molecule has 2 N–H and O–H groups in total. The van der Waals surface area contributed by atoms with Gasteiger partial charge in [0.1, 0.15) is 0 Å². The lowest BCUT2D eigenvalue weighted by Gasteiger charge is -2.13. The van der Waals surface area contributed by atoms with Gasteiger partial charge in [0.2, 0.25) is 0 Å². The molecule has 0 fully saturated rings. The maximum atomic E-state index is 5.60. The van der Waals surface area contributed by atoms with Crippen LogP contribution >= 0.6 is 0 Å². The number of hydrogen-bond acceptors (Lipinski definition) is 2. The van der Waals surface area contributed by atoms with Crippen molar-refractivity contribution < 1.29 is 0 Å². The van der Waals surface area contributed by atoms with Gasteiger partial charge in [0.05, 0.1) is 0 Å².